The van der Waals surface area contributed by atoms with Crippen molar-refractivity contribution in [3.63, 3.8) is 0 Å². The summed E-state index contributed by atoms with van der Waals surface area (Å²) in [4.78, 5) is 8.15. The van der Waals surface area contributed by atoms with E-state index < -0.39 is 5.92 Å². The number of nitrogens with zero attached hydrogens (tertiary/aromatic N) is 3. The van der Waals surface area contributed by atoms with E-state index in [2.05, 4.69) is 16.0 Å². The van der Waals surface area contributed by atoms with Crippen molar-refractivity contribution in [3.8, 4) is 6.07 Å². The predicted octanol–water partition coefficient (Wildman–Crippen LogP) is 2.79. The standard InChI is InChI=1S/C12H8ClN3/c13-11-5-2-1-4-9(11)10(8-14)12-15-6-3-7-16-12/h1-7,10H. The van der Waals surface area contributed by atoms with Gasteiger partial charge in [-0.3, -0.25) is 0 Å². The van der Waals surface area contributed by atoms with Crippen LogP contribution in [0.5, 0.6) is 0 Å². The molecule has 0 saturated heterocycles. The fraction of sp³-hybridized carbons (Fsp3) is 0.0833. The molecule has 0 saturated carbocycles. The van der Waals surface area contributed by atoms with Crippen LogP contribution in [0.4, 0.5) is 0 Å². The zero-order valence-corrected chi connectivity index (χ0v) is 9.09. The van der Waals surface area contributed by atoms with E-state index in [0.717, 1.165) is 5.56 Å². The van der Waals surface area contributed by atoms with Crippen LogP contribution in [0.15, 0.2) is 42.7 Å². The molecule has 0 fully saturated rings. The van der Waals surface area contributed by atoms with Crippen molar-refractivity contribution < 1.29 is 0 Å². The van der Waals surface area contributed by atoms with E-state index >= 15 is 0 Å². The maximum Gasteiger partial charge on any atom is 0.149 e. The predicted molar refractivity (Wildman–Crippen MR) is 60.9 cm³/mol. The fourth-order valence-corrected chi connectivity index (χ4v) is 1.68. The topological polar surface area (TPSA) is 49.6 Å². The zero-order chi connectivity index (χ0) is 11.4. The van der Waals surface area contributed by atoms with Crippen LogP contribution < -0.4 is 0 Å². The minimum absolute atomic E-state index is 0.470. The van der Waals surface area contributed by atoms with E-state index in [9.17, 15) is 0 Å². The Hall–Kier alpha value is -1.92. The van der Waals surface area contributed by atoms with E-state index in [1.54, 1.807) is 24.5 Å². The maximum atomic E-state index is 9.17. The molecule has 1 unspecified atom stereocenters. The number of rotatable bonds is 2. The third kappa shape index (κ3) is 2.02. The summed E-state index contributed by atoms with van der Waals surface area (Å²) < 4.78 is 0. The number of hydrogen-bond acceptors (Lipinski definition) is 3. The zero-order valence-electron chi connectivity index (χ0n) is 8.34. The van der Waals surface area contributed by atoms with E-state index in [-0.39, 0.29) is 0 Å². The third-order valence-corrected chi connectivity index (χ3v) is 2.53. The Morgan fingerprint density at radius 3 is 2.44 bits per heavy atom. The van der Waals surface area contributed by atoms with Gasteiger partial charge < -0.3 is 0 Å². The highest BCUT2D eigenvalue weighted by Gasteiger charge is 2.18. The van der Waals surface area contributed by atoms with Gasteiger partial charge in [-0.15, -0.1) is 0 Å². The Kier molecular flexibility index (Phi) is 3.13. The first-order valence-corrected chi connectivity index (χ1v) is 5.11. The van der Waals surface area contributed by atoms with Gasteiger partial charge in [-0.1, -0.05) is 29.8 Å². The van der Waals surface area contributed by atoms with Crippen LogP contribution in [0.3, 0.4) is 0 Å². The fourth-order valence-electron chi connectivity index (χ4n) is 1.44. The van der Waals surface area contributed by atoms with Gasteiger partial charge >= 0.3 is 0 Å². The van der Waals surface area contributed by atoms with E-state index in [0.29, 0.717) is 10.8 Å². The first-order chi connectivity index (χ1) is 7.83. The van der Waals surface area contributed by atoms with E-state index in [4.69, 9.17) is 16.9 Å². The average molecular weight is 230 g/mol. The van der Waals surface area contributed by atoms with Crippen molar-refractivity contribution >= 4 is 11.6 Å². The van der Waals surface area contributed by atoms with Crippen LogP contribution in [0.1, 0.15) is 17.3 Å². The molecule has 2 aromatic rings. The van der Waals surface area contributed by atoms with Crippen molar-refractivity contribution in [2.75, 3.05) is 0 Å². The summed E-state index contributed by atoms with van der Waals surface area (Å²) >= 11 is 6.04. The summed E-state index contributed by atoms with van der Waals surface area (Å²) in [5.74, 6) is -0.0481. The highest BCUT2D eigenvalue weighted by Crippen LogP contribution is 2.27. The van der Waals surface area contributed by atoms with Crippen LogP contribution in [-0.2, 0) is 0 Å². The lowest BCUT2D eigenvalue weighted by molar-refractivity contribution is 0.890. The Balaban J connectivity index is 2.47. The van der Waals surface area contributed by atoms with Gasteiger partial charge in [0.1, 0.15) is 11.7 Å². The van der Waals surface area contributed by atoms with E-state index in [1.165, 1.54) is 0 Å². The second kappa shape index (κ2) is 4.73. The van der Waals surface area contributed by atoms with Gasteiger partial charge in [-0.2, -0.15) is 5.26 Å². The SMILES string of the molecule is N#CC(c1ncccn1)c1ccccc1Cl. The van der Waals surface area contributed by atoms with Gasteiger partial charge in [-0.05, 0) is 17.7 Å². The van der Waals surface area contributed by atoms with Crippen molar-refractivity contribution in [1.29, 1.82) is 5.26 Å². The summed E-state index contributed by atoms with van der Waals surface area (Å²) in [6, 6.07) is 11.1. The average Bonchev–Trinajstić information content (AvgIpc) is 2.34. The van der Waals surface area contributed by atoms with Gasteiger partial charge in [0.05, 0.1) is 6.07 Å². The summed E-state index contributed by atoms with van der Waals surface area (Å²) in [5.41, 5.74) is 0.734. The normalized spacial score (nSPS) is 11.8. The molecule has 3 nitrogen and oxygen atoms in total. The Morgan fingerprint density at radius 1 is 1.12 bits per heavy atom. The monoisotopic (exact) mass is 229 g/mol. The van der Waals surface area contributed by atoms with Gasteiger partial charge in [0.25, 0.3) is 0 Å². The molecule has 0 aliphatic rings. The second-order valence-corrected chi connectivity index (χ2v) is 3.60. The van der Waals surface area contributed by atoms with Crippen molar-refractivity contribution in [2.45, 2.75) is 5.92 Å². The maximum absolute atomic E-state index is 9.17. The van der Waals surface area contributed by atoms with Crippen molar-refractivity contribution in [1.82, 2.24) is 9.97 Å². The summed E-state index contributed by atoms with van der Waals surface area (Å²) in [6.45, 7) is 0. The van der Waals surface area contributed by atoms with Crippen LogP contribution in [0.25, 0.3) is 0 Å². The number of hydrogen-bond donors (Lipinski definition) is 0. The summed E-state index contributed by atoms with van der Waals surface area (Å²) in [5, 5.41) is 9.73. The smallest absolute Gasteiger partial charge is 0.149 e. The van der Waals surface area contributed by atoms with Crippen LogP contribution in [0, 0.1) is 11.3 Å². The molecule has 0 radical (unpaired) electrons. The highest BCUT2D eigenvalue weighted by atomic mass is 35.5. The second-order valence-electron chi connectivity index (χ2n) is 3.19. The number of benzene rings is 1. The molecule has 16 heavy (non-hydrogen) atoms. The molecule has 1 aromatic carbocycles. The number of nitriles is 1. The first-order valence-electron chi connectivity index (χ1n) is 4.74. The van der Waals surface area contributed by atoms with Gasteiger partial charge in [0.2, 0.25) is 0 Å². The van der Waals surface area contributed by atoms with Crippen LogP contribution in [0.2, 0.25) is 5.02 Å². The minimum atomic E-state index is -0.519. The van der Waals surface area contributed by atoms with Crippen LogP contribution in [-0.4, -0.2) is 9.97 Å². The first kappa shape index (κ1) is 10.6. The summed E-state index contributed by atoms with van der Waals surface area (Å²) in [6.07, 6.45) is 3.23. The molecule has 2 rings (SSSR count). The molecular formula is C12H8ClN3. The molecule has 1 atom stereocenters. The Labute approximate surface area is 98.4 Å². The molecule has 1 heterocycles. The lowest BCUT2D eigenvalue weighted by Gasteiger charge is -2.08. The third-order valence-electron chi connectivity index (χ3n) is 2.19. The van der Waals surface area contributed by atoms with Crippen LogP contribution >= 0.6 is 11.6 Å². The lowest BCUT2D eigenvalue weighted by Crippen LogP contribution is -2.03. The highest BCUT2D eigenvalue weighted by molar-refractivity contribution is 6.31. The summed E-state index contributed by atoms with van der Waals surface area (Å²) in [7, 11) is 0. The van der Waals surface area contributed by atoms with Gasteiger partial charge in [0.15, 0.2) is 0 Å². The molecule has 0 bridgehead atoms. The molecule has 0 spiro atoms. The van der Waals surface area contributed by atoms with Gasteiger partial charge in [-0.25, -0.2) is 9.97 Å². The molecule has 0 aliphatic carbocycles. The molecule has 1 aromatic heterocycles. The molecule has 0 aliphatic heterocycles. The number of aromatic nitrogens is 2. The van der Waals surface area contributed by atoms with Crippen molar-refractivity contribution in [2.24, 2.45) is 0 Å². The van der Waals surface area contributed by atoms with E-state index in [1.807, 2.05) is 18.2 Å². The lowest BCUT2D eigenvalue weighted by atomic mass is 10.00. The Bertz CT molecular complexity index is 519. The van der Waals surface area contributed by atoms with Gasteiger partial charge in [0, 0.05) is 17.4 Å². The molecular weight excluding hydrogens is 222 g/mol. The minimum Gasteiger partial charge on any atom is -0.240 e. The molecule has 0 amide bonds. The largest absolute Gasteiger partial charge is 0.240 e. The molecule has 78 valence electrons. The van der Waals surface area contributed by atoms with Crippen molar-refractivity contribution in [3.05, 3.63) is 59.1 Å². The quantitative estimate of drug-likeness (QED) is 0.796. The Morgan fingerprint density at radius 2 is 1.81 bits per heavy atom. The molecule has 4 heteroatoms. The number of halogens is 1. The molecule has 0 N–H and O–H groups in total.